The molecule has 1 N–H and O–H groups in total. The van der Waals surface area contributed by atoms with Gasteiger partial charge in [0.2, 0.25) is 5.91 Å². The third-order valence-electron chi connectivity index (χ3n) is 1.94. The van der Waals surface area contributed by atoms with E-state index in [9.17, 15) is 4.79 Å². The average molecular weight is 351 g/mol. The van der Waals surface area contributed by atoms with Crippen molar-refractivity contribution in [1.82, 2.24) is 9.88 Å². The largest absolute Gasteiger partial charge is 0.369 e. The molecule has 0 saturated carbocycles. The minimum absolute atomic E-state index is 0.0979. The molecule has 0 saturated heterocycles. The molecule has 88 valence electrons. The predicted octanol–water partition coefficient (Wildman–Crippen LogP) is 2.50. The van der Waals surface area contributed by atoms with Crippen LogP contribution in [0.3, 0.4) is 0 Å². The summed E-state index contributed by atoms with van der Waals surface area (Å²) >= 11 is 6.72. The average Bonchev–Trinajstić information content (AvgIpc) is 2.20. The van der Waals surface area contributed by atoms with Crippen LogP contribution in [0.4, 0.5) is 5.82 Å². The van der Waals surface area contributed by atoms with Gasteiger partial charge in [0.05, 0.1) is 4.47 Å². The lowest BCUT2D eigenvalue weighted by Gasteiger charge is -2.11. The van der Waals surface area contributed by atoms with Gasteiger partial charge in [0, 0.05) is 37.7 Å². The Bertz CT molecular complexity index is 382. The van der Waals surface area contributed by atoms with E-state index in [1.165, 1.54) is 0 Å². The van der Waals surface area contributed by atoms with Gasteiger partial charge in [0.15, 0.2) is 0 Å². The first kappa shape index (κ1) is 13.4. The highest BCUT2D eigenvalue weighted by Crippen LogP contribution is 2.23. The first-order valence-electron chi connectivity index (χ1n) is 4.76. The standard InChI is InChI=1S/C10H13Br2N3O/c1-15(2)9(16)3-4-13-10-8(12)5-7(11)6-14-10/h5-6H,3-4H2,1-2H3,(H,13,14). The van der Waals surface area contributed by atoms with E-state index < -0.39 is 0 Å². The molecule has 1 aromatic rings. The van der Waals surface area contributed by atoms with Crippen LogP contribution in [0.5, 0.6) is 0 Å². The molecular weight excluding hydrogens is 338 g/mol. The van der Waals surface area contributed by atoms with E-state index in [1.54, 1.807) is 25.2 Å². The van der Waals surface area contributed by atoms with Gasteiger partial charge in [-0.25, -0.2) is 4.98 Å². The van der Waals surface area contributed by atoms with Crippen molar-refractivity contribution < 1.29 is 4.79 Å². The zero-order valence-corrected chi connectivity index (χ0v) is 12.3. The molecule has 16 heavy (non-hydrogen) atoms. The molecule has 1 aromatic heterocycles. The maximum absolute atomic E-state index is 11.3. The number of nitrogens with zero attached hydrogens (tertiary/aromatic N) is 2. The number of carbonyl (C=O) groups excluding carboxylic acids is 1. The Balaban J connectivity index is 2.46. The van der Waals surface area contributed by atoms with Crippen molar-refractivity contribution in [3.63, 3.8) is 0 Å². The predicted molar refractivity (Wildman–Crippen MR) is 71.4 cm³/mol. The maximum atomic E-state index is 11.3. The van der Waals surface area contributed by atoms with Crippen LogP contribution in [-0.4, -0.2) is 36.4 Å². The number of pyridine rings is 1. The first-order valence-corrected chi connectivity index (χ1v) is 6.34. The summed E-state index contributed by atoms with van der Waals surface area (Å²) in [6, 6.07) is 1.91. The lowest BCUT2D eigenvalue weighted by molar-refractivity contribution is -0.128. The van der Waals surface area contributed by atoms with Gasteiger partial charge in [-0.15, -0.1) is 0 Å². The Morgan fingerprint density at radius 2 is 2.19 bits per heavy atom. The SMILES string of the molecule is CN(C)C(=O)CCNc1ncc(Br)cc1Br. The third-order valence-corrected chi connectivity index (χ3v) is 2.98. The van der Waals surface area contributed by atoms with E-state index >= 15 is 0 Å². The smallest absolute Gasteiger partial charge is 0.223 e. The van der Waals surface area contributed by atoms with E-state index in [1.807, 2.05) is 6.07 Å². The molecule has 1 rings (SSSR count). The van der Waals surface area contributed by atoms with Crippen LogP contribution in [0.1, 0.15) is 6.42 Å². The van der Waals surface area contributed by atoms with Crippen molar-refractivity contribution in [3.8, 4) is 0 Å². The van der Waals surface area contributed by atoms with Crippen molar-refractivity contribution >= 4 is 43.6 Å². The van der Waals surface area contributed by atoms with E-state index in [0.717, 1.165) is 14.8 Å². The van der Waals surface area contributed by atoms with Crippen molar-refractivity contribution in [1.29, 1.82) is 0 Å². The summed E-state index contributed by atoms with van der Waals surface area (Å²) in [6.07, 6.45) is 2.16. The Morgan fingerprint density at radius 1 is 1.50 bits per heavy atom. The van der Waals surface area contributed by atoms with Gasteiger partial charge in [0.1, 0.15) is 5.82 Å². The molecule has 0 bridgehead atoms. The molecule has 0 fully saturated rings. The molecule has 0 aliphatic heterocycles. The Labute approximate surface area is 112 Å². The molecule has 0 aliphatic carbocycles. The van der Waals surface area contributed by atoms with Crippen LogP contribution >= 0.6 is 31.9 Å². The summed E-state index contributed by atoms with van der Waals surface area (Å²) in [7, 11) is 3.49. The summed E-state index contributed by atoms with van der Waals surface area (Å²) < 4.78 is 1.79. The zero-order chi connectivity index (χ0) is 12.1. The quantitative estimate of drug-likeness (QED) is 0.907. The van der Waals surface area contributed by atoms with Gasteiger partial charge in [-0.1, -0.05) is 0 Å². The number of carbonyl (C=O) groups is 1. The van der Waals surface area contributed by atoms with Gasteiger partial charge in [-0.05, 0) is 37.9 Å². The molecule has 1 amide bonds. The second kappa shape index (κ2) is 6.20. The zero-order valence-electron chi connectivity index (χ0n) is 9.13. The molecule has 0 atom stereocenters. The second-order valence-electron chi connectivity index (χ2n) is 3.45. The lowest BCUT2D eigenvalue weighted by atomic mass is 10.3. The van der Waals surface area contributed by atoms with Crippen LogP contribution in [-0.2, 0) is 4.79 Å². The highest BCUT2D eigenvalue weighted by atomic mass is 79.9. The van der Waals surface area contributed by atoms with Crippen LogP contribution in [0.15, 0.2) is 21.2 Å². The molecule has 0 unspecified atom stereocenters. The molecule has 4 nitrogen and oxygen atoms in total. The number of amides is 1. The summed E-state index contributed by atoms with van der Waals surface area (Å²) in [5, 5.41) is 3.10. The van der Waals surface area contributed by atoms with Gasteiger partial charge in [-0.2, -0.15) is 0 Å². The molecule has 0 radical (unpaired) electrons. The molecule has 6 heteroatoms. The number of aromatic nitrogens is 1. The summed E-state index contributed by atoms with van der Waals surface area (Å²) in [5.41, 5.74) is 0. The van der Waals surface area contributed by atoms with Crippen LogP contribution < -0.4 is 5.32 Å². The van der Waals surface area contributed by atoms with Crippen molar-refractivity contribution in [2.45, 2.75) is 6.42 Å². The molecular formula is C10H13Br2N3O. The summed E-state index contributed by atoms with van der Waals surface area (Å²) in [4.78, 5) is 17.1. The Kier molecular flexibility index (Phi) is 5.21. The van der Waals surface area contributed by atoms with E-state index in [4.69, 9.17) is 0 Å². The molecule has 0 aromatic carbocycles. The van der Waals surface area contributed by atoms with Crippen LogP contribution in [0.25, 0.3) is 0 Å². The lowest BCUT2D eigenvalue weighted by Crippen LogP contribution is -2.24. The van der Waals surface area contributed by atoms with E-state index in [-0.39, 0.29) is 5.91 Å². The summed E-state index contributed by atoms with van der Waals surface area (Å²) in [6.45, 7) is 0.574. The number of nitrogens with one attached hydrogen (secondary N) is 1. The Hall–Kier alpha value is -0.620. The van der Waals surface area contributed by atoms with Gasteiger partial charge < -0.3 is 10.2 Å². The van der Waals surface area contributed by atoms with Gasteiger partial charge >= 0.3 is 0 Å². The highest BCUT2D eigenvalue weighted by Gasteiger charge is 2.05. The third kappa shape index (κ3) is 4.09. The van der Waals surface area contributed by atoms with Crippen molar-refractivity contribution in [2.75, 3.05) is 26.0 Å². The molecule has 0 spiro atoms. The summed E-state index contributed by atoms with van der Waals surface area (Å²) in [5.74, 6) is 0.843. The highest BCUT2D eigenvalue weighted by molar-refractivity contribution is 9.11. The van der Waals surface area contributed by atoms with E-state index in [2.05, 4.69) is 42.2 Å². The minimum Gasteiger partial charge on any atom is -0.369 e. The number of rotatable bonds is 4. The van der Waals surface area contributed by atoms with Crippen molar-refractivity contribution in [3.05, 3.63) is 21.2 Å². The fourth-order valence-corrected chi connectivity index (χ4v) is 2.18. The first-order chi connectivity index (χ1) is 7.50. The van der Waals surface area contributed by atoms with Gasteiger partial charge in [0.25, 0.3) is 0 Å². The number of hydrogen-bond acceptors (Lipinski definition) is 3. The van der Waals surface area contributed by atoms with Crippen molar-refractivity contribution in [2.24, 2.45) is 0 Å². The molecule has 1 heterocycles. The Morgan fingerprint density at radius 3 is 2.75 bits per heavy atom. The van der Waals surface area contributed by atoms with Crippen LogP contribution in [0, 0.1) is 0 Å². The number of anilines is 1. The van der Waals surface area contributed by atoms with E-state index in [0.29, 0.717) is 13.0 Å². The topological polar surface area (TPSA) is 45.2 Å². The molecule has 0 aliphatic rings. The normalized spacial score (nSPS) is 10.0. The monoisotopic (exact) mass is 349 g/mol. The second-order valence-corrected chi connectivity index (χ2v) is 5.22. The van der Waals surface area contributed by atoms with Crippen LogP contribution in [0.2, 0.25) is 0 Å². The fraction of sp³-hybridized carbons (Fsp3) is 0.400. The van der Waals surface area contributed by atoms with Gasteiger partial charge in [-0.3, -0.25) is 4.79 Å². The number of halogens is 2. The fourth-order valence-electron chi connectivity index (χ4n) is 1.06. The maximum Gasteiger partial charge on any atom is 0.223 e. The minimum atomic E-state index is 0.0979. The number of hydrogen-bond donors (Lipinski definition) is 1.